The van der Waals surface area contributed by atoms with Crippen LogP contribution in [0.4, 0.5) is 4.79 Å². The van der Waals surface area contributed by atoms with E-state index in [1.54, 1.807) is 13.8 Å². The lowest BCUT2D eigenvalue weighted by molar-refractivity contribution is 0.106. The van der Waals surface area contributed by atoms with Crippen molar-refractivity contribution in [2.24, 2.45) is 0 Å². The molecule has 0 bridgehead atoms. The van der Waals surface area contributed by atoms with Gasteiger partial charge in [0.15, 0.2) is 0 Å². The van der Waals surface area contributed by atoms with Crippen molar-refractivity contribution in [3.05, 3.63) is 0 Å². The molecule has 0 aliphatic heterocycles. The van der Waals surface area contributed by atoms with Crippen LogP contribution in [0.2, 0.25) is 0 Å². The van der Waals surface area contributed by atoms with Crippen LogP contribution in [-0.2, 0) is 19.0 Å². The lowest BCUT2D eigenvalue weighted by Crippen LogP contribution is -2.23. The summed E-state index contributed by atoms with van der Waals surface area (Å²) in [5.74, 6) is 0. The van der Waals surface area contributed by atoms with Gasteiger partial charge in [0.25, 0.3) is 0 Å². The van der Waals surface area contributed by atoms with E-state index in [2.05, 4.69) is 8.92 Å². The van der Waals surface area contributed by atoms with E-state index >= 15 is 0 Å². The maximum absolute atomic E-state index is 11.1. The zero-order valence-electron chi connectivity index (χ0n) is 7.94. The normalized spacial score (nSPS) is 13.5. The molecule has 0 saturated heterocycles. The van der Waals surface area contributed by atoms with Crippen molar-refractivity contribution in [3.63, 3.8) is 0 Å². The molecule has 0 spiro atoms. The number of carbonyl (C=O) groups is 1. The van der Waals surface area contributed by atoms with Gasteiger partial charge in [-0.1, -0.05) is 6.92 Å². The molecule has 0 rings (SSSR count). The predicted molar refractivity (Wildman–Crippen MR) is 46.8 cm³/mol. The Bertz CT molecular complexity index is 256. The highest BCUT2D eigenvalue weighted by atomic mass is 32.2. The maximum atomic E-state index is 11.1. The highest BCUT2D eigenvalue weighted by Crippen LogP contribution is 2.08. The van der Waals surface area contributed by atoms with Crippen LogP contribution in [0.5, 0.6) is 0 Å². The molecule has 5 nitrogen and oxygen atoms in total. The third-order valence-corrected chi connectivity index (χ3v) is 3.20. The van der Waals surface area contributed by atoms with Gasteiger partial charge >= 0.3 is 16.3 Å². The second kappa shape index (κ2) is 5.06. The van der Waals surface area contributed by atoms with Gasteiger partial charge in [0.05, 0.1) is 11.9 Å². The Labute approximate surface area is 78.2 Å². The van der Waals surface area contributed by atoms with E-state index < -0.39 is 21.5 Å². The summed E-state index contributed by atoms with van der Waals surface area (Å²) in [4.78, 5) is 10.7. The first-order valence-electron chi connectivity index (χ1n) is 4.04. The maximum Gasteiger partial charge on any atom is 0.524 e. The summed E-state index contributed by atoms with van der Waals surface area (Å²) in [6, 6.07) is 0. The van der Waals surface area contributed by atoms with Gasteiger partial charge in [-0.15, -0.1) is 0 Å². The van der Waals surface area contributed by atoms with Crippen LogP contribution in [-0.4, -0.2) is 26.4 Å². The topological polar surface area (TPSA) is 69.7 Å². The SMILES string of the molecule is CCOC(=O)OS(=O)(=O)C(C)CC. The van der Waals surface area contributed by atoms with Crippen molar-refractivity contribution < 1.29 is 22.1 Å². The molecular weight excluding hydrogens is 196 g/mol. The number of rotatable bonds is 4. The minimum atomic E-state index is -3.81. The molecule has 6 heteroatoms. The summed E-state index contributed by atoms with van der Waals surface area (Å²) >= 11 is 0. The van der Waals surface area contributed by atoms with Crippen molar-refractivity contribution in [2.45, 2.75) is 32.4 Å². The molecule has 0 fully saturated rings. The molecule has 0 aromatic heterocycles. The Balaban J connectivity index is 4.26. The molecule has 1 atom stereocenters. The lowest BCUT2D eigenvalue weighted by atomic mass is 10.4. The van der Waals surface area contributed by atoms with Gasteiger partial charge in [-0.2, -0.15) is 8.42 Å². The summed E-state index contributed by atoms with van der Waals surface area (Å²) < 4.78 is 30.7. The first-order chi connectivity index (χ1) is 5.94. The predicted octanol–water partition coefficient (Wildman–Crippen LogP) is 1.29. The van der Waals surface area contributed by atoms with Crippen molar-refractivity contribution in [1.29, 1.82) is 0 Å². The molecular formula is C7H14O5S. The second-order valence-electron chi connectivity index (χ2n) is 2.48. The standard InChI is InChI=1S/C7H14O5S/c1-4-6(3)13(9,10)12-7(8)11-5-2/h6H,4-5H2,1-3H3. The van der Waals surface area contributed by atoms with Gasteiger partial charge in [-0.3, -0.25) is 0 Å². The minimum absolute atomic E-state index is 0.0921. The van der Waals surface area contributed by atoms with Crippen LogP contribution in [0.25, 0.3) is 0 Å². The molecule has 13 heavy (non-hydrogen) atoms. The van der Waals surface area contributed by atoms with Crippen LogP contribution in [0, 0.1) is 0 Å². The fraction of sp³-hybridized carbons (Fsp3) is 0.857. The molecule has 0 aliphatic rings. The monoisotopic (exact) mass is 210 g/mol. The van der Waals surface area contributed by atoms with Crippen LogP contribution in [0.1, 0.15) is 27.2 Å². The minimum Gasteiger partial charge on any atom is -0.434 e. The third-order valence-electron chi connectivity index (χ3n) is 1.51. The molecule has 0 aromatic carbocycles. The van der Waals surface area contributed by atoms with Crippen LogP contribution in [0.15, 0.2) is 0 Å². The quantitative estimate of drug-likeness (QED) is 0.516. The van der Waals surface area contributed by atoms with Gasteiger partial charge in [-0.25, -0.2) is 4.79 Å². The largest absolute Gasteiger partial charge is 0.524 e. The molecule has 78 valence electrons. The van der Waals surface area contributed by atoms with Gasteiger partial charge < -0.3 is 8.92 Å². The van der Waals surface area contributed by atoms with Crippen molar-refractivity contribution >= 4 is 16.3 Å². The molecule has 1 unspecified atom stereocenters. The Morgan fingerprint density at radius 1 is 1.38 bits per heavy atom. The Kier molecular flexibility index (Phi) is 4.76. The summed E-state index contributed by atoms with van der Waals surface area (Å²) in [5, 5.41) is -0.697. The Morgan fingerprint density at radius 2 is 1.92 bits per heavy atom. The number of hydrogen-bond donors (Lipinski definition) is 0. The lowest BCUT2D eigenvalue weighted by Gasteiger charge is -2.09. The van der Waals surface area contributed by atoms with E-state index in [-0.39, 0.29) is 6.61 Å². The van der Waals surface area contributed by atoms with Gasteiger partial charge in [-0.05, 0) is 20.3 Å². The molecule has 0 aromatic rings. The molecule has 0 saturated carbocycles. The third kappa shape index (κ3) is 4.12. The van der Waals surface area contributed by atoms with E-state index in [0.717, 1.165) is 0 Å². The van der Waals surface area contributed by atoms with E-state index in [0.29, 0.717) is 6.42 Å². The molecule has 0 radical (unpaired) electrons. The number of hydrogen-bond acceptors (Lipinski definition) is 5. The van der Waals surface area contributed by atoms with E-state index in [1.807, 2.05) is 0 Å². The average molecular weight is 210 g/mol. The number of carbonyl (C=O) groups excluding carboxylic acids is 1. The zero-order chi connectivity index (χ0) is 10.5. The van der Waals surface area contributed by atoms with Crippen molar-refractivity contribution in [1.82, 2.24) is 0 Å². The van der Waals surface area contributed by atoms with Gasteiger partial charge in [0.1, 0.15) is 0 Å². The average Bonchev–Trinajstić information content (AvgIpc) is 2.02. The summed E-state index contributed by atoms with van der Waals surface area (Å²) in [6.45, 7) is 4.82. The highest BCUT2D eigenvalue weighted by Gasteiger charge is 2.24. The summed E-state index contributed by atoms with van der Waals surface area (Å²) in [7, 11) is -3.81. The van der Waals surface area contributed by atoms with Crippen LogP contribution in [0.3, 0.4) is 0 Å². The summed E-state index contributed by atoms with van der Waals surface area (Å²) in [5.41, 5.74) is 0. The van der Waals surface area contributed by atoms with Gasteiger partial charge in [0.2, 0.25) is 0 Å². The smallest absolute Gasteiger partial charge is 0.434 e. The van der Waals surface area contributed by atoms with Crippen molar-refractivity contribution in [3.8, 4) is 0 Å². The molecule has 0 heterocycles. The van der Waals surface area contributed by atoms with Crippen molar-refractivity contribution in [2.75, 3.05) is 6.61 Å². The molecule has 0 aliphatic carbocycles. The Morgan fingerprint density at radius 3 is 2.31 bits per heavy atom. The fourth-order valence-electron chi connectivity index (χ4n) is 0.523. The van der Waals surface area contributed by atoms with E-state index in [9.17, 15) is 13.2 Å². The van der Waals surface area contributed by atoms with Crippen LogP contribution >= 0.6 is 0 Å². The van der Waals surface area contributed by atoms with E-state index in [1.165, 1.54) is 6.92 Å². The number of ether oxygens (including phenoxy) is 1. The van der Waals surface area contributed by atoms with Crippen LogP contribution < -0.4 is 0 Å². The highest BCUT2D eigenvalue weighted by molar-refractivity contribution is 7.87. The van der Waals surface area contributed by atoms with E-state index in [4.69, 9.17) is 0 Å². The molecule has 0 amide bonds. The second-order valence-corrected chi connectivity index (χ2v) is 4.44. The summed E-state index contributed by atoms with van der Waals surface area (Å²) in [6.07, 6.45) is -0.773. The fourth-order valence-corrected chi connectivity index (χ4v) is 1.33. The zero-order valence-corrected chi connectivity index (χ0v) is 8.76. The first kappa shape index (κ1) is 12.2. The van der Waals surface area contributed by atoms with Gasteiger partial charge in [0, 0.05) is 0 Å². The first-order valence-corrected chi connectivity index (χ1v) is 5.51. The molecule has 0 N–H and O–H groups in total. The Hall–Kier alpha value is -0.780.